The summed E-state index contributed by atoms with van der Waals surface area (Å²) in [5, 5.41) is 0. The van der Waals surface area contributed by atoms with Crippen LogP contribution in [0, 0.1) is 13.8 Å². The second-order valence-electron chi connectivity index (χ2n) is 7.48. The van der Waals surface area contributed by atoms with Gasteiger partial charge in [-0.3, -0.25) is 4.99 Å². The Bertz CT molecular complexity index is 1070. The number of rotatable bonds is 5. The van der Waals surface area contributed by atoms with E-state index in [1.54, 1.807) is 0 Å². The Balaban J connectivity index is 1.54. The van der Waals surface area contributed by atoms with Crippen LogP contribution in [0.3, 0.4) is 0 Å². The van der Waals surface area contributed by atoms with Gasteiger partial charge in [-0.05, 0) is 56.5 Å². The van der Waals surface area contributed by atoms with Gasteiger partial charge in [-0.25, -0.2) is 9.98 Å². The van der Waals surface area contributed by atoms with Gasteiger partial charge in [-0.15, -0.1) is 0 Å². The zero-order valence-electron chi connectivity index (χ0n) is 17.1. The summed E-state index contributed by atoms with van der Waals surface area (Å²) in [6.07, 6.45) is 0.872. The van der Waals surface area contributed by atoms with Crippen molar-refractivity contribution in [1.29, 1.82) is 0 Å². The third kappa shape index (κ3) is 4.60. The van der Waals surface area contributed by atoms with E-state index in [0.717, 1.165) is 34.8 Å². The van der Waals surface area contributed by atoms with Gasteiger partial charge in [-0.1, -0.05) is 54.1 Å². The van der Waals surface area contributed by atoms with Crippen LogP contribution in [0.15, 0.2) is 76.7 Å². The highest BCUT2D eigenvalue weighted by Gasteiger charge is 2.21. The monoisotopic (exact) mass is 383 g/mol. The van der Waals surface area contributed by atoms with Crippen molar-refractivity contribution in [3.8, 4) is 0 Å². The van der Waals surface area contributed by atoms with Crippen LogP contribution in [0.25, 0.3) is 0 Å². The summed E-state index contributed by atoms with van der Waals surface area (Å²) < 4.78 is 5.86. The molecule has 2 heterocycles. The number of aliphatic imine (C=N–C) groups is 2. The first-order chi connectivity index (χ1) is 14.1. The Hall–Kier alpha value is -3.27. The normalized spacial score (nSPS) is 16.4. The molecule has 1 aliphatic rings. The molecular formula is C25H25N3O. The van der Waals surface area contributed by atoms with E-state index in [1.165, 1.54) is 11.1 Å². The molecule has 1 atom stereocenters. The fourth-order valence-electron chi connectivity index (χ4n) is 3.47. The maximum atomic E-state index is 5.86. The van der Waals surface area contributed by atoms with E-state index in [1.807, 2.05) is 31.2 Å². The van der Waals surface area contributed by atoms with Crippen LogP contribution in [0.2, 0.25) is 0 Å². The van der Waals surface area contributed by atoms with Crippen molar-refractivity contribution in [2.45, 2.75) is 33.2 Å². The minimum atomic E-state index is 0.128. The van der Waals surface area contributed by atoms with Gasteiger partial charge < -0.3 is 4.74 Å². The molecule has 4 nitrogen and oxygen atoms in total. The minimum absolute atomic E-state index is 0.128. The average molecular weight is 383 g/mol. The Kier molecular flexibility index (Phi) is 5.52. The molecule has 2 aromatic carbocycles. The fraction of sp³-hybridized carbons (Fsp3) is 0.240. The lowest BCUT2D eigenvalue weighted by molar-refractivity contribution is 0.316. The summed E-state index contributed by atoms with van der Waals surface area (Å²) in [6, 6.07) is 22.7. The van der Waals surface area contributed by atoms with E-state index in [2.05, 4.69) is 56.3 Å². The highest BCUT2D eigenvalue weighted by atomic mass is 16.5. The van der Waals surface area contributed by atoms with Crippen LogP contribution in [0.5, 0.6) is 0 Å². The molecule has 4 rings (SSSR count). The molecule has 0 radical (unpaired) electrons. The van der Waals surface area contributed by atoms with Gasteiger partial charge in [0.2, 0.25) is 5.90 Å². The Labute approximate surface area is 172 Å². The lowest BCUT2D eigenvalue weighted by Gasteiger charge is -2.06. The number of aryl methyl sites for hydroxylation is 2. The van der Waals surface area contributed by atoms with E-state index in [4.69, 9.17) is 19.7 Å². The summed E-state index contributed by atoms with van der Waals surface area (Å²) in [6.45, 7) is 6.75. The zero-order chi connectivity index (χ0) is 20.2. The Morgan fingerprint density at radius 3 is 2.66 bits per heavy atom. The molecule has 0 saturated carbocycles. The minimum Gasteiger partial charge on any atom is -0.474 e. The lowest BCUT2D eigenvalue weighted by atomic mass is 10.1. The predicted molar refractivity (Wildman–Crippen MR) is 118 cm³/mol. The van der Waals surface area contributed by atoms with E-state index in [9.17, 15) is 0 Å². The Morgan fingerprint density at radius 2 is 1.86 bits per heavy atom. The van der Waals surface area contributed by atoms with E-state index < -0.39 is 0 Å². The maximum Gasteiger partial charge on any atom is 0.235 e. The molecule has 0 spiro atoms. The summed E-state index contributed by atoms with van der Waals surface area (Å²) in [5.41, 5.74) is 7.10. The van der Waals surface area contributed by atoms with Crippen molar-refractivity contribution in [3.05, 3.63) is 94.8 Å². The first-order valence-electron chi connectivity index (χ1n) is 9.93. The van der Waals surface area contributed by atoms with Crippen molar-refractivity contribution in [2.24, 2.45) is 9.98 Å². The molecule has 0 aliphatic carbocycles. The smallest absolute Gasteiger partial charge is 0.235 e. The molecule has 146 valence electrons. The number of aromatic nitrogens is 1. The van der Waals surface area contributed by atoms with Crippen molar-refractivity contribution in [1.82, 2.24) is 4.98 Å². The van der Waals surface area contributed by atoms with Crippen molar-refractivity contribution in [3.63, 3.8) is 0 Å². The molecule has 0 amide bonds. The average Bonchev–Trinajstić information content (AvgIpc) is 3.19. The Morgan fingerprint density at radius 1 is 1.03 bits per heavy atom. The number of pyridine rings is 1. The molecular weight excluding hydrogens is 358 g/mol. The quantitative estimate of drug-likeness (QED) is 0.567. The van der Waals surface area contributed by atoms with Crippen LogP contribution >= 0.6 is 0 Å². The first kappa shape index (κ1) is 19.1. The van der Waals surface area contributed by atoms with Crippen molar-refractivity contribution < 1.29 is 4.74 Å². The standard InChI is InChI=1S/C25H25N3O/c1-17-12-13-22(18(2)14-17)26-19(3)23-10-7-11-24(28-23)25-27-21(16-29-25)15-20-8-5-4-6-9-20/h4-14,21H,15-16H2,1-3H3. The van der Waals surface area contributed by atoms with Gasteiger partial charge in [0, 0.05) is 0 Å². The van der Waals surface area contributed by atoms with Crippen LogP contribution in [0.1, 0.15) is 35.0 Å². The van der Waals surface area contributed by atoms with Crippen molar-refractivity contribution in [2.75, 3.05) is 6.61 Å². The topological polar surface area (TPSA) is 46.8 Å². The molecule has 29 heavy (non-hydrogen) atoms. The largest absolute Gasteiger partial charge is 0.474 e. The summed E-state index contributed by atoms with van der Waals surface area (Å²) in [4.78, 5) is 14.3. The fourth-order valence-corrected chi connectivity index (χ4v) is 3.47. The molecule has 1 unspecified atom stereocenters. The van der Waals surface area contributed by atoms with Crippen molar-refractivity contribution >= 4 is 17.3 Å². The number of benzene rings is 2. The van der Waals surface area contributed by atoms with E-state index in [0.29, 0.717) is 12.5 Å². The predicted octanol–water partition coefficient (Wildman–Crippen LogP) is 5.23. The third-order valence-electron chi connectivity index (χ3n) is 5.01. The van der Waals surface area contributed by atoms with Crippen LogP contribution < -0.4 is 0 Å². The second kappa shape index (κ2) is 8.39. The second-order valence-corrected chi connectivity index (χ2v) is 7.48. The lowest BCUT2D eigenvalue weighted by Crippen LogP contribution is -2.10. The highest BCUT2D eigenvalue weighted by Crippen LogP contribution is 2.21. The van der Waals surface area contributed by atoms with E-state index in [-0.39, 0.29) is 6.04 Å². The van der Waals surface area contributed by atoms with Gasteiger partial charge in [0.1, 0.15) is 12.3 Å². The molecule has 0 saturated heterocycles. The molecule has 0 fully saturated rings. The number of ether oxygens (including phenoxy) is 1. The summed E-state index contributed by atoms with van der Waals surface area (Å²) in [7, 11) is 0. The molecule has 3 aromatic rings. The van der Waals surface area contributed by atoms with Crippen LogP contribution in [-0.4, -0.2) is 29.2 Å². The van der Waals surface area contributed by atoms with Gasteiger partial charge in [0.05, 0.1) is 23.1 Å². The van der Waals surface area contributed by atoms with Gasteiger partial charge >= 0.3 is 0 Å². The van der Waals surface area contributed by atoms with E-state index >= 15 is 0 Å². The molecule has 1 aliphatic heterocycles. The number of hydrogen-bond acceptors (Lipinski definition) is 4. The number of hydrogen-bond donors (Lipinski definition) is 0. The maximum absolute atomic E-state index is 5.86. The third-order valence-corrected chi connectivity index (χ3v) is 5.01. The SMILES string of the molecule is CC(=Nc1ccc(C)cc1C)c1cccc(C2=NC(Cc3ccccc3)CO2)n1. The molecule has 0 N–H and O–H groups in total. The zero-order valence-corrected chi connectivity index (χ0v) is 17.1. The first-order valence-corrected chi connectivity index (χ1v) is 9.93. The van der Waals surface area contributed by atoms with Crippen LogP contribution in [-0.2, 0) is 11.2 Å². The van der Waals surface area contributed by atoms with Gasteiger partial charge in [0.25, 0.3) is 0 Å². The van der Waals surface area contributed by atoms with Gasteiger partial charge in [0.15, 0.2) is 0 Å². The summed E-state index contributed by atoms with van der Waals surface area (Å²) >= 11 is 0. The molecule has 1 aromatic heterocycles. The summed E-state index contributed by atoms with van der Waals surface area (Å²) in [5.74, 6) is 0.618. The van der Waals surface area contributed by atoms with Crippen LogP contribution in [0.4, 0.5) is 5.69 Å². The molecule has 4 heteroatoms. The number of nitrogens with zero attached hydrogens (tertiary/aromatic N) is 3. The molecule has 0 bridgehead atoms. The highest BCUT2D eigenvalue weighted by molar-refractivity contribution is 6.00. The van der Waals surface area contributed by atoms with Gasteiger partial charge in [-0.2, -0.15) is 0 Å².